The van der Waals surface area contributed by atoms with Crippen LogP contribution in [0.1, 0.15) is 20.3 Å². The van der Waals surface area contributed by atoms with Gasteiger partial charge >= 0.3 is 0 Å². The minimum absolute atomic E-state index is 0.0645. The molecule has 0 saturated heterocycles. The van der Waals surface area contributed by atoms with Crippen LogP contribution < -0.4 is 5.32 Å². The van der Waals surface area contributed by atoms with Crippen LogP contribution in [0.4, 0.5) is 5.69 Å². The molecule has 1 aromatic heterocycles. The van der Waals surface area contributed by atoms with Gasteiger partial charge in [-0.3, -0.25) is 4.79 Å². The normalized spacial score (nSPS) is 10.6. The molecule has 0 aliphatic rings. The van der Waals surface area contributed by atoms with Gasteiger partial charge in [-0.05, 0) is 36.2 Å². The number of carbonyl (C=O) groups is 1. The van der Waals surface area contributed by atoms with E-state index in [9.17, 15) is 4.79 Å². The van der Waals surface area contributed by atoms with E-state index in [1.807, 2.05) is 67.2 Å². The van der Waals surface area contributed by atoms with Gasteiger partial charge in [-0.1, -0.05) is 19.9 Å². The van der Waals surface area contributed by atoms with Gasteiger partial charge in [0.1, 0.15) is 0 Å². The number of benzene rings is 1. The van der Waals surface area contributed by atoms with Gasteiger partial charge in [0, 0.05) is 30.2 Å². The smallest absolute Gasteiger partial charge is 0.224 e. The van der Waals surface area contributed by atoms with Crippen LogP contribution in [0.15, 0.2) is 48.8 Å². The number of anilines is 1. The van der Waals surface area contributed by atoms with Crippen molar-refractivity contribution >= 4 is 11.6 Å². The van der Waals surface area contributed by atoms with Crippen molar-refractivity contribution in [2.45, 2.75) is 20.3 Å². The highest BCUT2D eigenvalue weighted by atomic mass is 16.1. The Hall–Kier alpha value is -2.03. The van der Waals surface area contributed by atoms with Gasteiger partial charge < -0.3 is 9.88 Å². The van der Waals surface area contributed by atoms with Crippen molar-refractivity contribution < 1.29 is 4.79 Å². The molecule has 0 aliphatic heterocycles. The largest absolute Gasteiger partial charge is 0.326 e. The number of hydrogen-bond acceptors (Lipinski definition) is 1. The highest BCUT2D eigenvalue weighted by molar-refractivity contribution is 5.91. The molecule has 2 rings (SSSR count). The quantitative estimate of drug-likeness (QED) is 0.875. The highest BCUT2D eigenvalue weighted by Crippen LogP contribution is 2.15. The number of aromatic nitrogens is 1. The summed E-state index contributed by atoms with van der Waals surface area (Å²) in [6, 6.07) is 11.8. The minimum Gasteiger partial charge on any atom is -0.326 e. The molecule has 1 amide bonds. The van der Waals surface area contributed by atoms with E-state index in [1.165, 1.54) is 0 Å². The first-order valence-corrected chi connectivity index (χ1v) is 6.18. The van der Waals surface area contributed by atoms with Crippen LogP contribution in [0.3, 0.4) is 0 Å². The lowest BCUT2D eigenvalue weighted by molar-refractivity contribution is -0.116. The Morgan fingerprint density at radius 3 is 2.61 bits per heavy atom. The fourth-order valence-electron chi connectivity index (χ4n) is 1.83. The Morgan fingerprint density at radius 1 is 1.22 bits per heavy atom. The Bertz CT molecular complexity index is 515. The maximum atomic E-state index is 11.7. The summed E-state index contributed by atoms with van der Waals surface area (Å²) in [5.74, 6) is 0.437. The number of rotatable bonds is 4. The standard InChI is InChI=1S/C15H18N2O/c1-12(2)10-15(18)16-13-6-5-7-14(11-13)17-8-3-4-9-17/h3-9,11-12H,10H2,1-2H3,(H,16,18). The molecule has 2 aromatic rings. The van der Waals surface area contributed by atoms with Gasteiger partial charge in [0.05, 0.1) is 0 Å². The molecule has 1 heterocycles. The molecule has 94 valence electrons. The van der Waals surface area contributed by atoms with E-state index >= 15 is 0 Å². The average molecular weight is 242 g/mol. The Labute approximate surface area is 107 Å². The third kappa shape index (κ3) is 3.23. The molecule has 1 aromatic carbocycles. The van der Waals surface area contributed by atoms with Crippen molar-refractivity contribution in [3.05, 3.63) is 48.8 Å². The summed E-state index contributed by atoms with van der Waals surface area (Å²) < 4.78 is 2.01. The Kier molecular flexibility index (Phi) is 3.82. The summed E-state index contributed by atoms with van der Waals surface area (Å²) in [6.07, 6.45) is 4.51. The molecule has 0 bridgehead atoms. The molecule has 0 unspecified atom stereocenters. The molecular formula is C15H18N2O. The SMILES string of the molecule is CC(C)CC(=O)Nc1cccc(-n2cccc2)c1. The lowest BCUT2D eigenvalue weighted by atomic mass is 10.1. The van der Waals surface area contributed by atoms with Crippen LogP contribution in [0.5, 0.6) is 0 Å². The van der Waals surface area contributed by atoms with E-state index in [4.69, 9.17) is 0 Å². The maximum Gasteiger partial charge on any atom is 0.224 e. The van der Waals surface area contributed by atoms with E-state index in [0.29, 0.717) is 12.3 Å². The highest BCUT2D eigenvalue weighted by Gasteiger charge is 2.05. The predicted molar refractivity (Wildman–Crippen MR) is 73.9 cm³/mol. The molecule has 0 atom stereocenters. The zero-order valence-corrected chi connectivity index (χ0v) is 10.8. The fraction of sp³-hybridized carbons (Fsp3) is 0.267. The van der Waals surface area contributed by atoms with Gasteiger partial charge in [0.2, 0.25) is 5.91 Å². The number of hydrogen-bond donors (Lipinski definition) is 1. The van der Waals surface area contributed by atoms with Crippen molar-refractivity contribution in [1.82, 2.24) is 4.57 Å². The van der Waals surface area contributed by atoms with E-state index in [0.717, 1.165) is 11.4 Å². The van der Waals surface area contributed by atoms with Gasteiger partial charge in [-0.2, -0.15) is 0 Å². The molecular weight excluding hydrogens is 224 g/mol. The van der Waals surface area contributed by atoms with Gasteiger partial charge in [0.15, 0.2) is 0 Å². The van der Waals surface area contributed by atoms with Crippen LogP contribution >= 0.6 is 0 Å². The van der Waals surface area contributed by atoms with E-state index in [-0.39, 0.29) is 5.91 Å². The monoisotopic (exact) mass is 242 g/mol. The first kappa shape index (κ1) is 12.4. The Balaban J connectivity index is 2.11. The topological polar surface area (TPSA) is 34.0 Å². The molecule has 0 fully saturated rings. The molecule has 0 saturated carbocycles. The minimum atomic E-state index is 0.0645. The fourth-order valence-corrected chi connectivity index (χ4v) is 1.83. The predicted octanol–water partition coefficient (Wildman–Crippen LogP) is 3.46. The third-order valence-electron chi connectivity index (χ3n) is 2.63. The van der Waals surface area contributed by atoms with Gasteiger partial charge in [-0.15, -0.1) is 0 Å². The lowest BCUT2D eigenvalue weighted by Crippen LogP contribution is -2.13. The van der Waals surface area contributed by atoms with Crippen LogP contribution in [0.2, 0.25) is 0 Å². The van der Waals surface area contributed by atoms with Crippen molar-refractivity contribution in [2.75, 3.05) is 5.32 Å². The average Bonchev–Trinajstić information content (AvgIpc) is 2.81. The van der Waals surface area contributed by atoms with Gasteiger partial charge in [0.25, 0.3) is 0 Å². The first-order chi connectivity index (χ1) is 8.65. The van der Waals surface area contributed by atoms with Crippen molar-refractivity contribution in [1.29, 1.82) is 0 Å². The molecule has 3 nitrogen and oxygen atoms in total. The summed E-state index contributed by atoms with van der Waals surface area (Å²) in [4.78, 5) is 11.7. The molecule has 0 radical (unpaired) electrons. The van der Waals surface area contributed by atoms with E-state index in [2.05, 4.69) is 5.32 Å². The number of nitrogens with zero attached hydrogens (tertiary/aromatic N) is 1. The second-order valence-electron chi connectivity index (χ2n) is 4.79. The second-order valence-corrected chi connectivity index (χ2v) is 4.79. The molecule has 1 N–H and O–H groups in total. The van der Waals surface area contributed by atoms with Crippen LogP contribution in [-0.4, -0.2) is 10.5 Å². The zero-order valence-electron chi connectivity index (χ0n) is 10.8. The molecule has 0 spiro atoms. The molecule has 3 heteroatoms. The van der Waals surface area contributed by atoms with Crippen LogP contribution in [0, 0.1) is 5.92 Å². The van der Waals surface area contributed by atoms with Crippen molar-refractivity contribution in [2.24, 2.45) is 5.92 Å². The maximum absolute atomic E-state index is 11.7. The molecule has 18 heavy (non-hydrogen) atoms. The summed E-state index contributed by atoms with van der Waals surface area (Å²) in [7, 11) is 0. The summed E-state index contributed by atoms with van der Waals surface area (Å²) in [5, 5.41) is 2.92. The van der Waals surface area contributed by atoms with Crippen molar-refractivity contribution in [3.63, 3.8) is 0 Å². The van der Waals surface area contributed by atoms with E-state index in [1.54, 1.807) is 0 Å². The summed E-state index contributed by atoms with van der Waals surface area (Å²) in [6.45, 7) is 4.08. The van der Waals surface area contributed by atoms with Crippen molar-refractivity contribution in [3.8, 4) is 5.69 Å². The summed E-state index contributed by atoms with van der Waals surface area (Å²) in [5.41, 5.74) is 1.88. The van der Waals surface area contributed by atoms with Gasteiger partial charge in [-0.25, -0.2) is 0 Å². The number of amides is 1. The van der Waals surface area contributed by atoms with E-state index < -0.39 is 0 Å². The first-order valence-electron chi connectivity index (χ1n) is 6.18. The second kappa shape index (κ2) is 5.54. The lowest BCUT2D eigenvalue weighted by Gasteiger charge is -2.09. The number of carbonyl (C=O) groups excluding carboxylic acids is 1. The van der Waals surface area contributed by atoms with Crippen LogP contribution in [0.25, 0.3) is 5.69 Å². The number of nitrogens with one attached hydrogen (secondary N) is 1. The zero-order chi connectivity index (χ0) is 13.0. The third-order valence-corrected chi connectivity index (χ3v) is 2.63. The van der Waals surface area contributed by atoms with Crippen LogP contribution in [-0.2, 0) is 4.79 Å². The molecule has 0 aliphatic carbocycles. The summed E-state index contributed by atoms with van der Waals surface area (Å²) >= 11 is 0. The Morgan fingerprint density at radius 2 is 1.94 bits per heavy atom.